The van der Waals surface area contributed by atoms with E-state index in [4.69, 9.17) is 0 Å². The van der Waals surface area contributed by atoms with Gasteiger partial charge >= 0.3 is 0 Å². The first kappa shape index (κ1) is 10.6. The van der Waals surface area contributed by atoms with E-state index >= 15 is 0 Å². The molecule has 1 aromatic rings. The highest BCUT2D eigenvalue weighted by Crippen LogP contribution is 2.33. The van der Waals surface area contributed by atoms with Crippen LogP contribution < -0.4 is 0 Å². The zero-order valence-corrected chi connectivity index (χ0v) is 10.4. The van der Waals surface area contributed by atoms with Gasteiger partial charge in [-0.15, -0.1) is 23.1 Å². The van der Waals surface area contributed by atoms with E-state index in [0.29, 0.717) is 0 Å². The Balaban J connectivity index is 2.20. The van der Waals surface area contributed by atoms with Gasteiger partial charge < -0.3 is 0 Å². The summed E-state index contributed by atoms with van der Waals surface area (Å²) in [5.41, 5.74) is 0. The van der Waals surface area contributed by atoms with Crippen molar-refractivity contribution in [3.63, 3.8) is 0 Å². The molecule has 0 aliphatic heterocycles. The lowest BCUT2D eigenvalue weighted by Gasteiger charge is -1.97. The summed E-state index contributed by atoms with van der Waals surface area (Å²) in [6, 6.07) is 2.12. The molecule has 0 aliphatic carbocycles. The molecule has 0 aromatic carbocycles. The Labute approximate surface area is 90.9 Å². The van der Waals surface area contributed by atoms with Gasteiger partial charge in [0, 0.05) is 4.47 Å². The first-order valence-corrected chi connectivity index (χ1v) is 6.86. The molecule has 0 unspecified atom stereocenters. The minimum Gasteiger partial charge on any atom is -0.136 e. The third-order valence-corrected chi connectivity index (χ3v) is 5.07. The summed E-state index contributed by atoms with van der Waals surface area (Å²) in [6.45, 7) is 2.24. The van der Waals surface area contributed by atoms with Gasteiger partial charge in [0.25, 0.3) is 0 Å². The van der Waals surface area contributed by atoms with Gasteiger partial charge in [0.1, 0.15) is 0 Å². The van der Waals surface area contributed by atoms with Crippen molar-refractivity contribution in [3.05, 3.63) is 15.9 Å². The molecule has 12 heavy (non-hydrogen) atoms. The third kappa shape index (κ3) is 3.50. The number of hydrogen-bond acceptors (Lipinski definition) is 2. The predicted octanol–water partition coefficient (Wildman–Crippen LogP) is 4.79. The molecule has 1 aromatic heterocycles. The summed E-state index contributed by atoms with van der Waals surface area (Å²) in [4.78, 5) is 0. The largest absolute Gasteiger partial charge is 0.136 e. The smallest absolute Gasteiger partial charge is 0.0740 e. The number of rotatable bonds is 5. The first-order valence-electron chi connectivity index (χ1n) is 4.20. The van der Waals surface area contributed by atoms with Gasteiger partial charge in [-0.05, 0) is 39.6 Å². The molecule has 68 valence electrons. The van der Waals surface area contributed by atoms with Crippen molar-refractivity contribution in [1.29, 1.82) is 0 Å². The van der Waals surface area contributed by atoms with Crippen LogP contribution in [0, 0.1) is 0 Å². The van der Waals surface area contributed by atoms with Gasteiger partial charge in [-0.2, -0.15) is 0 Å². The second-order valence-electron chi connectivity index (χ2n) is 2.61. The van der Waals surface area contributed by atoms with Gasteiger partial charge in [-0.3, -0.25) is 0 Å². The normalized spacial score (nSPS) is 10.5. The van der Waals surface area contributed by atoms with Crippen LogP contribution in [-0.4, -0.2) is 5.75 Å². The van der Waals surface area contributed by atoms with E-state index in [2.05, 4.69) is 34.3 Å². The molecule has 0 saturated carbocycles. The van der Waals surface area contributed by atoms with Crippen LogP contribution in [0.5, 0.6) is 0 Å². The maximum Gasteiger partial charge on any atom is 0.0740 e. The standard InChI is InChI=1S/C9H13BrS2/c1-2-3-4-6-11-9-8(10)5-7-12-9/h5,7H,2-4,6H2,1H3. The van der Waals surface area contributed by atoms with Crippen molar-refractivity contribution in [2.24, 2.45) is 0 Å². The molecule has 0 aliphatic rings. The lowest BCUT2D eigenvalue weighted by molar-refractivity contribution is 0.779. The lowest BCUT2D eigenvalue weighted by Crippen LogP contribution is -1.77. The average Bonchev–Trinajstić information content (AvgIpc) is 2.46. The van der Waals surface area contributed by atoms with E-state index in [9.17, 15) is 0 Å². The fourth-order valence-corrected chi connectivity index (χ4v) is 3.77. The Morgan fingerprint density at radius 3 is 2.92 bits per heavy atom. The van der Waals surface area contributed by atoms with Crippen LogP contribution in [0.1, 0.15) is 26.2 Å². The zero-order chi connectivity index (χ0) is 8.81. The maximum atomic E-state index is 3.53. The van der Waals surface area contributed by atoms with E-state index in [1.165, 1.54) is 33.7 Å². The SMILES string of the molecule is CCCCCSc1sccc1Br. The molecule has 0 nitrogen and oxygen atoms in total. The first-order chi connectivity index (χ1) is 5.84. The highest BCUT2D eigenvalue weighted by Gasteiger charge is 2.00. The molecule has 0 saturated heterocycles. The van der Waals surface area contributed by atoms with Crippen molar-refractivity contribution >= 4 is 39.0 Å². The minimum atomic E-state index is 1.26. The Kier molecular flexibility index (Phi) is 5.35. The van der Waals surface area contributed by atoms with Crippen LogP contribution in [0.15, 0.2) is 20.1 Å². The Morgan fingerprint density at radius 1 is 1.50 bits per heavy atom. The fraction of sp³-hybridized carbons (Fsp3) is 0.556. The van der Waals surface area contributed by atoms with Gasteiger partial charge in [-0.25, -0.2) is 0 Å². The molecule has 0 spiro atoms. The molecule has 0 amide bonds. The fourth-order valence-electron chi connectivity index (χ4n) is 0.900. The minimum absolute atomic E-state index is 1.26. The quantitative estimate of drug-likeness (QED) is 0.544. The van der Waals surface area contributed by atoms with Crippen LogP contribution in [-0.2, 0) is 0 Å². The molecule has 3 heteroatoms. The second-order valence-corrected chi connectivity index (χ2v) is 5.75. The Hall–Kier alpha value is 0.530. The highest BCUT2D eigenvalue weighted by atomic mass is 79.9. The van der Waals surface area contributed by atoms with Crippen LogP contribution >= 0.6 is 39.0 Å². The van der Waals surface area contributed by atoms with E-state index in [1.54, 1.807) is 0 Å². The van der Waals surface area contributed by atoms with Crippen LogP contribution in [0.4, 0.5) is 0 Å². The summed E-state index contributed by atoms with van der Waals surface area (Å²) in [7, 11) is 0. The van der Waals surface area contributed by atoms with Crippen molar-refractivity contribution < 1.29 is 0 Å². The molecule has 1 heterocycles. The van der Waals surface area contributed by atoms with Gasteiger partial charge in [0.15, 0.2) is 0 Å². The predicted molar refractivity (Wildman–Crippen MR) is 62.3 cm³/mol. The van der Waals surface area contributed by atoms with Crippen molar-refractivity contribution in [1.82, 2.24) is 0 Å². The molecule has 0 bridgehead atoms. The summed E-state index contributed by atoms with van der Waals surface area (Å²) in [5.74, 6) is 1.26. The average molecular weight is 265 g/mol. The molecule has 1 rings (SSSR count). The lowest BCUT2D eigenvalue weighted by atomic mass is 10.3. The summed E-state index contributed by atoms with van der Waals surface area (Å²) < 4.78 is 2.68. The molecular weight excluding hydrogens is 252 g/mol. The second kappa shape index (κ2) is 6.06. The van der Waals surface area contributed by atoms with Gasteiger partial charge in [0.2, 0.25) is 0 Å². The number of hydrogen-bond donors (Lipinski definition) is 0. The summed E-state index contributed by atoms with van der Waals surface area (Å²) in [6.07, 6.45) is 4.01. The van der Waals surface area contributed by atoms with Gasteiger partial charge in [-0.1, -0.05) is 19.8 Å². The number of unbranched alkanes of at least 4 members (excludes halogenated alkanes) is 2. The van der Waals surface area contributed by atoms with Gasteiger partial charge in [0.05, 0.1) is 4.21 Å². The topological polar surface area (TPSA) is 0 Å². The number of thiophene rings is 1. The monoisotopic (exact) mass is 264 g/mol. The molecule has 0 fully saturated rings. The molecule has 0 N–H and O–H groups in total. The molecular formula is C9H13BrS2. The Morgan fingerprint density at radius 2 is 2.33 bits per heavy atom. The summed E-state index contributed by atoms with van der Waals surface area (Å²) in [5, 5.41) is 2.13. The highest BCUT2D eigenvalue weighted by molar-refractivity contribution is 9.10. The van der Waals surface area contributed by atoms with Crippen LogP contribution in [0.25, 0.3) is 0 Å². The molecule has 0 atom stereocenters. The molecule has 0 radical (unpaired) electrons. The van der Waals surface area contributed by atoms with Crippen molar-refractivity contribution in [3.8, 4) is 0 Å². The third-order valence-electron chi connectivity index (χ3n) is 1.57. The van der Waals surface area contributed by atoms with Crippen molar-refractivity contribution in [2.75, 3.05) is 5.75 Å². The van der Waals surface area contributed by atoms with Crippen molar-refractivity contribution in [2.45, 2.75) is 30.4 Å². The number of halogens is 1. The van der Waals surface area contributed by atoms with E-state index in [-0.39, 0.29) is 0 Å². The van der Waals surface area contributed by atoms with E-state index in [0.717, 1.165) is 0 Å². The maximum absolute atomic E-state index is 3.53. The zero-order valence-electron chi connectivity index (χ0n) is 7.18. The van der Waals surface area contributed by atoms with E-state index in [1.807, 2.05) is 23.1 Å². The Bertz CT molecular complexity index is 220. The van der Waals surface area contributed by atoms with Crippen LogP contribution in [0.2, 0.25) is 0 Å². The van der Waals surface area contributed by atoms with Crippen LogP contribution in [0.3, 0.4) is 0 Å². The number of thioether (sulfide) groups is 1. The van der Waals surface area contributed by atoms with E-state index < -0.39 is 0 Å². The summed E-state index contributed by atoms with van der Waals surface area (Å²) >= 11 is 7.31.